The number of benzene rings is 1. The molecule has 1 amide bonds. The fourth-order valence-electron chi connectivity index (χ4n) is 1.38. The zero-order valence-electron chi connectivity index (χ0n) is 9.57. The first kappa shape index (κ1) is 14.5. The predicted molar refractivity (Wildman–Crippen MR) is 59.8 cm³/mol. The van der Waals surface area contributed by atoms with Gasteiger partial charge in [0.05, 0.1) is 0 Å². The van der Waals surface area contributed by atoms with Gasteiger partial charge in [0.2, 0.25) is 5.91 Å². The highest BCUT2D eigenvalue weighted by Crippen LogP contribution is 2.12. The average Bonchev–Trinajstić information content (AvgIpc) is 2.33. The highest BCUT2D eigenvalue weighted by atomic mass is 19.4. The maximum Gasteiger partial charge on any atom is 0.405 e. The van der Waals surface area contributed by atoms with Crippen molar-refractivity contribution < 1.29 is 23.1 Å². The van der Waals surface area contributed by atoms with Crippen LogP contribution in [0.15, 0.2) is 30.3 Å². The lowest BCUT2D eigenvalue weighted by molar-refractivity contribution is -0.143. The maximum atomic E-state index is 11.8. The van der Waals surface area contributed by atoms with Crippen molar-refractivity contribution in [1.29, 1.82) is 0 Å². The molecule has 3 nitrogen and oxygen atoms in total. The summed E-state index contributed by atoms with van der Waals surface area (Å²) in [4.78, 5) is 11.1. The van der Waals surface area contributed by atoms with Gasteiger partial charge in [-0.15, -0.1) is 0 Å². The minimum Gasteiger partial charge on any atom is -0.383 e. The van der Waals surface area contributed by atoms with E-state index in [4.69, 9.17) is 0 Å². The molecule has 0 spiro atoms. The topological polar surface area (TPSA) is 49.3 Å². The van der Waals surface area contributed by atoms with E-state index in [1.807, 2.05) is 30.3 Å². The quantitative estimate of drug-likeness (QED) is 0.847. The van der Waals surface area contributed by atoms with E-state index in [0.29, 0.717) is 6.42 Å². The summed E-state index contributed by atoms with van der Waals surface area (Å²) < 4.78 is 35.5. The van der Waals surface area contributed by atoms with E-state index in [1.54, 1.807) is 5.32 Å². The molecule has 0 aliphatic heterocycles. The number of carbonyl (C=O) groups excluding carboxylic acids is 1. The number of amides is 1. The third kappa shape index (κ3) is 5.67. The van der Waals surface area contributed by atoms with E-state index in [9.17, 15) is 23.1 Å². The third-order valence-electron chi connectivity index (χ3n) is 2.31. The van der Waals surface area contributed by atoms with E-state index >= 15 is 0 Å². The highest BCUT2D eigenvalue weighted by Gasteiger charge is 2.28. The Balaban J connectivity index is 2.32. The van der Waals surface area contributed by atoms with Gasteiger partial charge < -0.3 is 10.4 Å². The molecule has 2 N–H and O–H groups in total. The number of aliphatic hydroxyl groups is 1. The van der Waals surface area contributed by atoms with Crippen LogP contribution >= 0.6 is 0 Å². The summed E-state index contributed by atoms with van der Waals surface area (Å²) >= 11 is 0. The van der Waals surface area contributed by atoms with Crippen LogP contribution in [0.25, 0.3) is 0 Å². The molecule has 0 radical (unpaired) electrons. The first-order valence-electron chi connectivity index (χ1n) is 5.45. The minimum absolute atomic E-state index is 0.0910. The molecule has 1 atom stereocenters. The van der Waals surface area contributed by atoms with E-state index < -0.39 is 24.7 Å². The summed E-state index contributed by atoms with van der Waals surface area (Å²) in [5.74, 6) is -0.997. The largest absolute Gasteiger partial charge is 0.405 e. The van der Waals surface area contributed by atoms with Crippen LogP contribution in [-0.4, -0.2) is 29.8 Å². The Morgan fingerprint density at radius 2 is 1.89 bits per heavy atom. The molecule has 0 aromatic heterocycles. The Morgan fingerprint density at radius 3 is 2.44 bits per heavy atom. The standard InChI is InChI=1S/C12H14F3NO2/c13-12(14,15)8-16-11(18)10(17)7-6-9-4-2-1-3-5-9/h1-5,10,17H,6-8H2,(H,16,18). The highest BCUT2D eigenvalue weighted by molar-refractivity contribution is 5.80. The number of carbonyl (C=O) groups is 1. The lowest BCUT2D eigenvalue weighted by Gasteiger charge is -2.12. The molecule has 1 aromatic carbocycles. The summed E-state index contributed by atoms with van der Waals surface area (Å²) in [5.41, 5.74) is 0.917. The summed E-state index contributed by atoms with van der Waals surface area (Å²) in [6.45, 7) is -1.42. The van der Waals surface area contributed by atoms with Gasteiger partial charge in [0.25, 0.3) is 0 Å². The van der Waals surface area contributed by atoms with Crippen molar-refractivity contribution >= 4 is 5.91 Å². The molecule has 0 aliphatic rings. The lowest BCUT2D eigenvalue weighted by atomic mass is 10.1. The molecular weight excluding hydrogens is 247 g/mol. The van der Waals surface area contributed by atoms with Crippen molar-refractivity contribution in [3.8, 4) is 0 Å². The van der Waals surface area contributed by atoms with Gasteiger partial charge in [-0.1, -0.05) is 30.3 Å². The van der Waals surface area contributed by atoms with Crippen molar-refractivity contribution in [3.63, 3.8) is 0 Å². The van der Waals surface area contributed by atoms with Crippen LogP contribution in [0.2, 0.25) is 0 Å². The number of halogens is 3. The van der Waals surface area contributed by atoms with Crippen LogP contribution in [0.1, 0.15) is 12.0 Å². The summed E-state index contributed by atoms with van der Waals surface area (Å²) in [6, 6.07) is 9.09. The van der Waals surface area contributed by atoms with E-state index in [2.05, 4.69) is 0 Å². The van der Waals surface area contributed by atoms with Crippen LogP contribution in [0, 0.1) is 0 Å². The van der Waals surface area contributed by atoms with E-state index in [1.165, 1.54) is 0 Å². The molecule has 100 valence electrons. The lowest BCUT2D eigenvalue weighted by Crippen LogP contribution is -2.40. The zero-order valence-corrected chi connectivity index (χ0v) is 9.57. The Kier molecular flexibility index (Phi) is 5.15. The monoisotopic (exact) mass is 261 g/mol. The van der Waals surface area contributed by atoms with E-state index in [0.717, 1.165) is 5.56 Å². The third-order valence-corrected chi connectivity index (χ3v) is 2.31. The summed E-state index contributed by atoms with van der Waals surface area (Å²) in [5, 5.41) is 11.0. The summed E-state index contributed by atoms with van der Waals surface area (Å²) in [7, 11) is 0. The number of hydrogen-bond donors (Lipinski definition) is 2. The van der Waals surface area contributed by atoms with Crippen LogP contribution in [0.5, 0.6) is 0 Å². The van der Waals surface area contributed by atoms with Crippen LogP contribution in [-0.2, 0) is 11.2 Å². The molecule has 0 aliphatic carbocycles. The molecular formula is C12H14F3NO2. The Labute approximate surface area is 103 Å². The molecule has 0 heterocycles. The molecule has 0 fully saturated rings. The molecule has 0 saturated heterocycles. The fourth-order valence-corrected chi connectivity index (χ4v) is 1.38. The zero-order chi connectivity index (χ0) is 13.6. The van der Waals surface area contributed by atoms with Crippen molar-refractivity contribution in [2.45, 2.75) is 25.1 Å². The second-order valence-corrected chi connectivity index (χ2v) is 3.87. The van der Waals surface area contributed by atoms with Gasteiger partial charge in [-0.3, -0.25) is 4.79 Å². The number of rotatable bonds is 5. The van der Waals surface area contributed by atoms with Gasteiger partial charge in [-0.25, -0.2) is 0 Å². The van der Waals surface area contributed by atoms with Crippen molar-refractivity contribution in [2.75, 3.05) is 6.54 Å². The van der Waals surface area contributed by atoms with Crippen LogP contribution < -0.4 is 5.32 Å². The van der Waals surface area contributed by atoms with Gasteiger partial charge in [-0.2, -0.15) is 13.2 Å². The molecule has 6 heteroatoms. The fraction of sp³-hybridized carbons (Fsp3) is 0.417. The number of alkyl halides is 3. The van der Waals surface area contributed by atoms with Gasteiger partial charge in [0, 0.05) is 0 Å². The molecule has 0 saturated carbocycles. The van der Waals surface area contributed by atoms with Gasteiger partial charge in [0.15, 0.2) is 0 Å². The second kappa shape index (κ2) is 6.39. The van der Waals surface area contributed by atoms with Crippen molar-refractivity contribution in [2.24, 2.45) is 0 Å². The number of hydrogen-bond acceptors (Lipinski definition) is 2. The molecule has 1 aromatic rings. The predicted octanol–water partition coefficient (Wildman–Crippen LogP) is 1.66. The SMILES string of the molecule is O=C(NCC(F)(F)F)C(O)CCc1ccccc1. The second-order valence-electron chi connectivity index (χ2n) is 3.87. The van der Waals surface area contributed by atoms with Gasteiger partial charge >= 0.3 is 6.18 Å². The number of nitrogens with one attached hydrogen (secondary N) is 1. The normalized spacial score (nSPS) is 13.1. The first-order chi connectivity index (χ1) is 8.38. The van der Waals surface area contributed by atoms with Gasteiger partial charge in [0.1, 0.15) is 12.6 Å². The maximum absolute atomic E-state index is 11.8. The van der Waals surface area contributed by atoms with Crippen molar-refractivity contribution in [1.82, 2.24) is 5.32 Å². The first-order valence-corrected chi connectivity index (χ1v) is 5.45. The Hall–Kier alpha value is -1.56. The minimum atomic E-state index is -4.46. The number of aryl methyl sites for hydroxylation is 1. The molecule has 18 heavy (non-hydrogen) atoms. The number of aliphatic hydroxyl groups excluding tert-OH is 1. The summed E-state index contributed by atoms with van der Waals surface area (Å²) in [6.07, 6.45) is -5.36. The molecule has 1 unspecified atom stereocenters. The van der Waals surface area contributed by atoms with Crippen molar-refractivity contribution in [3.05, 3.63) is 35.9 Å². The molecule has 1 rings (SSSR count). The Bertz CT molecular complexity index is 379. The van der Waals surface area contributed by atoms with Crippen LogP contribution in [0.4, 0.5) is 13.2 Å². The molecule has 0 bridgehead atoms. The van der Waals surface area contributed by atoms with E-state index in [-0.39, 0.29) is 6.42 Å². The van der Waals surface area contributed by atoms with Crippen LogP contribution in [0.3, 0.4) is 0 Å². The van der Waals surface area contributed by atoms with Gasteiger partial charge in [-0.05, 0) is 18.4 Å². The Morgan fingerprint density at radius 1 is 1.28 bits per heavy atom. The smallest absolute Gasteiger partial charge is 0.383 e. The average molecular weight is 261 g/mol.